The molecule has 1 saturated heterocycles. The fourth-order valence-electron chi connectivity index (χ4n) is 2.42. The molecule has 1 aromatic heterocycles. The summed E-state index contributed by atoms with van der Waals surface area (Å²) in [5, 5.41) is 4.93. The van der Waals surface area contributed by atoms with Crippen molar-refractivity contribution < 1.29 is 14.3 Å². The van der Waals surface area contributed by atoms with Crippen molar-refractivity contribution in [3.63, 3.8) is 0 Å². The maximum Gasteiger partial charge on any atom is 0.323 e. The van der Waals surface area contributed by atoms with Crippen LogP contribution in [0.15, 0.2) is 11.4 Å². The van der Waals surface area contributed by atoms with Gasteiger partial charge < -0.3 is 10.1 Å². The Balaban J connectivity index is 1.82. The molecule has 1 aromatic rings. The van der Waals surface area contributed by atoms with Gasteiger partial charge in [0.25, 0.3) is 0 Å². The number of ether oxygens (including phenoxy) is 1. The summed E-state index contributed by atoms with van der Waals surface area (Å²) in [6.45, 7) is 3.61. The van der Waals surface area contributed by atoms with Gasteiger partial charge in [0.1, 0.15) is 6.04 Å². The number of nitrogens with one attached hydrogen (secondary N) is 1. The molecule has 1 N–H and O–H groups in total. The Morgan fingerprint density at radius 2 is 2.35 bits per heavy atom. The first-order valence-corrected chi connectivity index (χ1v) is 7.61. The monoisotopic (exact) mass is 296 g/mol. The normalized spacial score (nSPS) is 19.0. The molecule has 20 heavy (non-hydrogen) atoms. The Kier molecular flexibility index (Phi) is 5.14. The van der Waals surface area contributed by atoms with Crippen LogP contribution >= 0.6 is 11.3 Å². The van der Waals surface area contributed by atoms with Gasteiger partial charge in [0, 0.05) is 4.88 Å². The Morgan fingerprint density at radius 3 is 3.00 bits per heavy atom. The first-order valence-electron chi connectivity index (χ1n) is 6.73. The molecular weight excluding hydrogens is 276 g/mol. The average molecular weight is 296 g/mol. The Hall–Kier alpha value is -1.40. The molecule has 1 aliphatic rings. The summed E-state index contributed by atoms with van der Waals surface area (Å²) in [4.78, 5) is 26.6. The molecule has 0 aliphatic carbocycles. The van der Waals surface area contributed by atoms with Gasteiger partial charge in [-0.3, -0.25) is 14.5 Å². The Bertz CT molecular complexity index is 487. The minimum absolute atomic E-state index is 0.0476. The highest BCUT2D eigenvalue weighted by molar-refractivity contribution is 7.10. The molecular formula is C14H20N2O3S. The van der Waals surface area contributed by atoms with Crippen molar-refractivity contribution in [3.8, 4) is 0 Å². The molecule has 2 rings (SSSR count). The predicted octanol–water partition coefficient (Wildman–Crippen LogP) is 1.31. The molecule has 0 aromatic carbocycles. The summed E-state index contributed by atoms with van der Waals surface area (Å²) >= 11 is 1.64. The average Bonchev–Trinajstić information content (AvgIpc) is 3.05. The van der Waals surface area contributed by atoms with Crippen LogP contribution in [0.5, 0.6) is 0 Å². The van der Waals surface area contributed by atoms with E-state index in [-0.39, 0.29) is 24.5 Å². The van der Waals surface area contributed by atoms with Crippen LogP contribution in [-0.4, -0.2) is 43.0 Å². The topological polar surface area (TPSA) is 58.6 Å². The van der Waals surface area contributed by atoms with E-state index in [9.17, 15) is 9.59 Å². The van der Waals surface area contributed by atoms with Gasteiger partial charge in [0.2, 0.25) is 5.91 Å². The highest BCUT2D eigenvalue weighted by Gasteiger charge is 2.32. The molecule has 0 spiro atoms. The molecule has 0 saturated carbocycles. The predicted molar refractivity (Wildman–Crippen MR) is 77.5 cm³/mol. The Morgan fingerprint density at radius 1 is 1.55 bits per heavy atom. The number of carbonyl (C=O) groups excluding carboxylic acids is 2. The number of esters is 1. The lowest BCUT2D eigenvalue weighted by molar-refractivity contribution is -0.146. The lowest BCUT2D eigenvalue weighted by atomic mass is 10.2. The number of carbonyl (C=O) groups is 2. The number of aryl methyl sites for hydroxylation is 1. The fourth-order valence-corrected chi connectivity index (χ4v) is 3.27. The second-order valence-corrected chi connectivity index (χ2v) is 5.96. The summed E-state index contributed by atoms with van der Waals surface area (Å²) < 4.78 is 4.77. The Labute approximate surface area is 122 Å². The van der Waals surface area contributed by atoms with E-state index in [1.807, 2.05) is 23.3 Å². The van der Waals surface area contributed by atoms with Gasteiger partial charge in [0.15, 0.2) is 0 Å². The van der Waals surface area contributed by atoms with E-state index in [1.54, 1.807) is 11.3 Å². The number of likely N-dealkylation sites (tertiary alicyclic amines) is 1. The van der Waals surface area contributed by atoms with Crippen LogP contribution in [-0.2, 0) is 20.9 Å². The second kappa shape index (κ2) is 6.85. The number of hydrogen-bond donors (Lipinski definition) is 1. The van der Waals surface area contributed by atoms with Gasteiger partial charge in [-0.15, -0.1) is 11.3 Å². The van der Waals surface area contributed by atoms with Crippen LogP contribution in [0, 0.1) is 6.92 Å². The van der Waals surface area contributed by atoms with Gasteiger partial charge in [-0.05, 0) is 43.3 Å². The molecule has 0 unspecified atom stereocenters. The second-order valence-electron chi connectivity index (χ2n) is 4.96. The van der Waals surface area contributed by atoms with E-state index < -0.39 is 0 Å². The molecule has 2 heterocycles. The maximum absolute atomic E-state index is 12.0. The maximum atomic E-state index is 12.0. The number of rotatable bonds is 5. The van der Waals surface area contributed by atoms with Crippen LogP contribution in [0.25, 0.3) is 0 Å². The van der Waals surface area contributed by atoms with Gasteiger partial charge in [0.05, 0.1) is 20.2 Å². The smallest absolute Gasteiger partial charge is 0.323 e. The summed E-state index contributed by atoms with van der Waals surface area (Å²) in [5.74, 6) is -0.294. The van der Waals surface area contributed by atoms with Gasteiger partial charge in [-0.2, -0.15) is 0 Å². The number of methoxy groups -OCH3 is 1. The minimum Gasteiger partial charge on any atom is -0.468 e. The lowest BCUT2D eigenvalue weighted by Crippen LogP contribution is -2.43. The van der Waals surface area contributed by atoms with Crippen molar-refractivity contribution in [2.75, 3.05) is 20.2 Å². The summed E-state index contributed by atoms with van der Waals surface area (Å²) in [7, 11) is 1.39. The summed E-state index contributed by atoms with van der Waals surface area (Å²) in [6.07, 6.45) is 1.70. The SMILES string of the molecule is COC(=O)[C@@H]1CCCN1CC(=O)NCc1sccc1C. The first kappa shape index (κ1) is 15.0. The van der Waals surface area contributed by atoms with Crippen molar-refractivity contribution >= 4 is 23.2 Å². The van der Waals surface area contributed by atoms with E-state index >= 15 is 0 Å². The summed E-state index contributed by atoms with van der Waals surface area (Å²) in [5.41, 5.74) is 1.20. The first-order chi connectivity index (χ1) is 9.61. The molecule has 0 radical (unpaired) electrons. The largest absolute Gasteiger partial charge is 0.468 e. The van der Waals surface area contributed by atoms with Crippen molar-refractivity contribution in [3.05, 3.63) is 21.9 Å². The van der Waals surface area contributed by atoms with Crippen LogP contribution in [0.2, 0.25) is 0 Å². The number of nitrogens with zero attached hydrogens (tertiary/aromatic N) is 1. The van der Waals surface area contributed by atoms with Crippen LogP contribution in [0.1, 0.15) is 23.3 Å². The molecule has 1 fully saturated rings. The highest BCUT2D eigenvalue weighted by Crippen LogP contribution is 2.18. The van der Waals surface area contributed by atoms with Crippen molar-refractivity contribution in [2.24, 2.45) is 0 Å². The number of hydrogen-bond acceptors (Lipinski definition) is 5. The fraction of sp³-hybridized carbons (Fsp3) is 0.571. The zero-order valence-corrected chi connectivity index (χ0v) is 12.7. The molecule has 1 aliphatic heterocycles. The van der Waals surface area contributed by atoms with E-state index in [0.717, 1.165) is 19.4 Å². The quantitative estimate of drug-likeness (QED) is 0.832. The molecule has 110 valence electrons. The van der Waals surface area contributed by atoms with Gasteiger partial charge in [-0.1, -0.05) is 0 Å². The van der Waals surface area contributed by atoms with Crippen LogP contribution in [0.3, 0.4) is 0 Å². The molecule has 0 bridgehead atoms. The molecule has 1 atom stereocenters. The molecule has 1 amide bonds. The van der Waals surface area contributed by atoms with Crippen molar-refractivity contribution in [1.29, 1.82) is 0 Å². The third-order valence-corrected chi connectivity index (χ3v) is 4.62. The zero-order valence-electron chi connectivity index (χ0n) is 11.8. The van der Waals surface area contributed by atoms with Crippen LogP contribution < -0.4 is 5.32 Å². The number of amides is 1. The van der Waals surface area contributed by atoms with E-state index in [4.69, 9.17) is 4.74 Å². The zero-order chi connectivity index (χ0) is 14.5. The highest BCUT2D eigenvalue weighted by atomic mass is 32.1. The van der Waals surface area contributed by atoms with E-state index in [1.165, 1.54) is 17.6 Å². The number of thiophene rings is 1. The van der Waals surface area contributed by atoms with Crippen LogP contribution in [0.4, 0.5) is 0 Å². The van der Waals surface area contributed by atoms with Gasteiger partial charge in [-0.25, -0.2) is 0 Å². The van der Waals surface area contributed by atoms with Gasteiger partial charge >= 0.3 is 5.97 Å². The standard InChI is InChI=1S/C14H20N2O3S/c1-10-5-7-20-12(10)8-15-13(17)9-16-6-3-4-11(16)14(18)19-2/h5,7,11H,3-4,6,8-9H2,1-2H3,(H,15,17)/t11-/m0/s1. The minimum atomic E-state index is -0.269. The van der Waals surface area contributed by atoms with E-state index in [0.29, 0.717) is 6.54 Å². The molecule has 5 nitrogen and oxygen atoms in total. The lowest BCUT2D eigenvalue weighted by Gasteiger charge is -2.21. The summed E-state index contributed by atoms with van der Waals surface area (Å²) in [6, 6.07) is 1.77. The van der Waals surface area contributed by atoms with Crippen molar-refractivity contribution in [1.82, 2.24) is 10.2 Å². The third-order valence-electron chi connectivity index (χ3n) is 3.60. The van der Waals surface area contributed by atoms with E-state index in [2.05, 4.69) is 5.32 Å². The van der Waals surface area contributed by atoms with Crippen molar-refractivity contribution in [2.45, 2.75) is 32.4 Å². The molecule has 6 heteroatoms. The third kappa shape index (κ3) is 3.58.